The maximum atomic E-state index is 12.8. The largest absolute Gasteiger partial charge is 0.462 e. The first kappa shape index (κ1) is 19.8. The zero-order valence-corrected chi connectivity index (χ0v) is 18.3. The predicted molar refractivity (Wildman–Crippen MR) is 115 cm³/mol. The van der Waals surface area contributed by atoms with Gasteiger partial charge in [0, 0.05) is 24.2 Å². The van der Waals surface area contributed by atoms with Crippen molar-refractivity contribution < 1.29 is 9.53 Å². The number of carbonyl (C=O) groups is 1. The van der Waals surface area contributed by atoms with E-state index in [1.54, 1.807) is 12.3 Å². The molecule has 28 heavy (non-hydrogen) atoms. The zero-order chi connectivity index (χ0) is 20.3. The van der Waals surface area contributed by atoms with Gasteiger partial charge < -0.3 is 9.64 Å². The molecule has 1 aromatic heterocycles. The molecule has 2 fully saturated rings. The summed E-state index contributed by atoms with van der Waals surface area (Å²) in [6.07, 6.45) is 4.99. The summed E-state index contributed by atoms with van der Waals surface area (Å²) in [5.74, 6) is -0.344. The highest BCUT2D eigenvalue weighted by Crippen LogP contribution is 2.54. The number of anilines is 1. The third-order valence-electron chi connectivity index (χ3n) is 6.10. The molecule has 1 saturated heterocycles. The number of carbonyl (C=O) groups excluding carboxylic acids is 1. The van der Waals surface area contributed by atoms with Crippen molar-refractivity contribution in [2.75, 3.05) is 18.1 Å². The zero-order valence-electron chi connectivity index (χ0n) is 16.8. The summed E-state index contributed by atoms with van der Waals surface area (Å²) in [5, 5.41) is 1.74. The van der Waals surface area contributed by atoms with Crippen molar-refractivity contribution in [3.8, 4) is 0 Å². The van der Waals surface area contributed by atoms with Gasteiger partial charge in [0.15, 0.2) is 0 Å². The quantitative estimate of drug-likeness (QED) is 0.560. The first-order chi connectivity index (χ1) is 13.1. The van der Waals surface area contributed by atoms with Crippen LogP contribution in [0.5, 0.6) is 0 Å². The molecule has 0 radical (unpaired) electrons. The van der Waals surface area contributed by atoms with Crippen molar-refractivity contribution in [3.05, 3.63) is 33.9 Å². The van der Waals surface area contributed by atoms with Gasteiger partial charge in [-0.05, 0) is 49.1 Å². The van der Waals surface area contributed by atoms with Crippen molar-refractivity contribution in [2.24, 2.45) is 10.8 Å². The normalized spacial score (nSPS) is 25.9. The lowest BCUT2D eigenvalue weighted by Crippen LogP contribution is -2.35. The third kappa shape index (κ3) is 3.25. The van der Waals surface area contributed by atoms with Crippen LogP contribution in [0.4, 0.5) is 5.69 Å². The van der Waals surface area contributed by atoms with Crippen molar-refractivity contribution >= 4 is 45.8 Å². The Morgan fingerprint density at radius 3 is 2.75 bits per heavy atom. The summed E-state index contributed by atoms with van der Waals surface area (Å²) in [5.41, 5.74) is 2.52. The molecule has 0 amide bonds. The Labute approximate surface area is 176 Å². The molecule has 1 aliphatic heterocycles. The van der Waals surface area contributed by atoms with Crippen molar-refractivity contribution in [1.29, 1.82) is 0 Å². The van der Waals surface area contributed by atoms with Crippen molar-refractivity contribution in [2.45, 2.75) is 53.0 Å². The van der Waals surface area contributed by atoms with E-state index in [9.17, 15) is 4.79 Å². The molecule has 6 heteroatoms. The van der Waals surface area contributed by atoms with Gasteiger partial charge in [-0.15, -0.1) is 0 Å². The van der Waals surface area contributed by atoms with Crippen LogP contribution in [0.3, 0.4) is 0 Å². The number of esters is 1. The van der Waals surface area contributed by atoms with Crippen LogP contribution in [0.25, 0.3) is 10.9 Å². The fourth-order valence-corrected chi connectivity index (χ4v) is 5.95. The van der Waals surface area contributed by atoms with Crippen molar-refractivity contribution in [3.63, 3.8) is 0 Å². The van der Waals surface area contributed by atoms with E-state index in [0.717, 1.165) is 30.5 Å². The maximum absolute atomic E-state index is 12.8. The van der Waals surface area contributed by atoms with Crippen LogP contribution in [0.2, 0.25) is 10.0 Å². The molecule has 2 aliphatic rings. The van der Waals surface area contributed by atoms with E-state index in [1.807, 2.05) is 13.0 Å². The van der Waals surface area contributed by atoms with Gasteiger partial charge in [-0.25, -0.2) is 4.79 Å². The molecule has 0 spiro atoms. The summed E-state index contributed by atoms with van der Waals surface area (Å²) in [7, 11) is 0. The summed E-state index contributed by atoms with van der Waals surface area (Å²) in [4.78, 5) is 19.6. The number of aromatic nitrogens is 1. The van der Waals surface area contributed by atoms with E-state index in [1.165, 1.54) is 6.42 Å². The Morgan fingerprint density at radius 2 is 2.04 bits per heavy atom. The highest BCUT2D eigenvalue weighted by atomic mass is 35.5. The average Bonchev–Trinajstić information content (AvgIpc) is 2.86. The molecule has 0 unspecified atom stereocenters. The highest BCUT2D eigenvalue weighted by Gasteiger charge is 2.50. The molecular formula is C22H26Cl2N2O2. The first-order valence-corrected chi connectivity index (χ1v) is 10.6. The lowest BCUT2D eigenvalue weighted by Gasteiger charge is -2.39. The molecular weight excluding hydrogens is 395 g/mol. The number of hydrogen-bond donors (Lipinski definition) is 0. The molecule has 1 saturated carbocycles. The number of nitrogens with zero attached hydrogens (tertiary/aromatic N) is 2. The second kappa shape index (κ2) is 6.77. The SMILES string of the molecule is CCOC(=O)c1cnc2c(Cl)c(Cl)ccc2c1N1C[C@]2(C)C[C@H]1CC(C)(C)C2. The lowest BCUT2D eigenvalue weighted by atomic mass is 9.65. The van der Waals surface area contributed by atoms with Gasteiger partial charge >= 0.3 is 5.97 Å². The van der Waals surface area contributed by atoms with E-state index < -0.39 is 0 Å². The minimum absolute atomic E-state index is 0.226. The first-order valence-electron chi connectivity index (χ1n) is 9.85. The fraction of sp³-hybridized carbons (Fsp3) is 0.545. The molecule has 1 aromatic carbocycles. The van der Waals surface area contributed by atoms with Gasteiger partial charge in [0.25, 0.3) is 0 Å². The Kier molecular flexibility index (Phi) is 4.79. The average molecular weight is 421 g/mol. The van der Waals surface area contributed by atoms with Crippen LogP contribution in [-0.2, 0) is 4.74 Å². The Morgan fingerprint density at radius 1 is 1.29 bits per heavy atom. The summed E-state index contributed by atoms with van der Waals surface area (Å²) in [6.45, 7) is 10.1. The number of halogens is 2. The predicted octanol–water partition coefficient (Wildman–Crippen LogP) is 6.12. The fourth-order valence-electron chi connectivity index (χ4n) is 5.58. The summed E-state index contributed by atoms with van der Waals surface area (Å²) in [6, 6.07) is 4.08. The lowest BCUT2D eigenvalue weighted by molar-refractivity contribution is 0.0526. The maximum Gasteiger partial charge on any atom is 0.341 e. The van der Waals surface area contributed by atoms with Gasteiger partial charge in [-0.2, -0.15) is 0 Å². The van der Waals surface area contributed by atoms with Crippen LogP contribution in [0, 0.1) is 10.8 Å². The van der Waals surface area contributed by atoms with Crippen LogP contribution >= 0.6 is 23.2 Å². The van der Waals surface area contributed by atoms with Gasteiger partial charge in [0.1, 0.15) is 5.56 Å². The molecule has 150 valence electrons. The molecule has 0 N–H and O–H groups in total. The number of ether oxygens (including phenoxy) is 1. The molecule has 4 rings (SSSR count). The van der Waals surface area contributed by atoms with Gasteiger partial charge in [0.2, 0.25) is 0 Å². The number of hydrogen-bond acceptors (Lipinski definition) is 4. The van der Waals surface area contributed by atoms with E-state index in [-0.39, 0.29) is 16.8 Å². The van der Waals surface area contributed by atoms with Crippen LogP contribution in [0.15, 0.2) is 18.3 Å². The summed E-state index contributed by atoms with van der Waals surface area (Å²) < 4.78 is 5.34. The molecule has 4 nitrogen and oxygen atoms in total. The van der Waals surface area contributed by atoms with Crippen LogP contribution < -0.4 is 4.90 Å². The molecule has 2 heterocycles. The Bertz CT molecular complexity index is 959. The minimum Gasteiger partial charge on any atom is -0.462 e. The number of benzene rings is 1. The molecule has 2 aromatic rings. The molecule has 1 aliphatic carbocycles. The Balaban J connectivity index is 1.93. The van der Waals surface area contributed by atoms with Gasteiger partial charge in [-0.1, -0.05) is 44.0 Å². The van der Waals surface area contributed by atoms with Crippen molar-refractivity contribution in [1.82, 2.24) is 4.98 Å². The highest BCUT2D eigenvalue weighted by molar-refractivity contribution is 6.45. The van der Waals surface area contributed by atoms with E-state index in [4.69, 9.17) is 27.9 Å². The van der Waals surface area contributed by atoms with Crippen LogP contribution in [-0.4, -0.2) is 30.1 Å². The van der Waals surface area contributed by atoms with E-state index >= 15 is 0 Å². The smallest absolute Gasteiger partial charge is 0.341 e. The molecule has 2 bridgehead atoms. The topological polar surface area (TPSA) is 42.4 Å². The molecule has 2 atom stereocenters. The monoisotopic (exact) mass is 420 g/mol. The number of fused-ring (bicyclic) bond motifs is 3. The second-order valence-corrected chi connectivity index (χ2v) is 10.1. The van der Waals surface area contributed by atoms with Gasteiger partial charge in [0.05, 0.1) is 27.9 Å². The minimum atomic E-state index is -0.344. The summed E-state index contributed by atoms with van der Waals surface area (Å²) >= 11 is 12.7. The second-order valence-electron chi connectivity index (χ2n) is 9.34. The van der Waals surface area contributed by atoms with Crippen LogP contribution in [0.1, 0.15) is 57.3 Å². The van der Waals surface area contributed by atoms with E-state index in [2.05, 4.69) is 30.7 Å². The number of rotatable bonds is 3. The third-order valence-corrected chi connectivity index (χ3v) is 6.89. The number of pyridine rings is 1. The standard InChI is InChI=1S/C22H26Cl2N2O2/c1-5-28-20(27)15-10-25-18-14(6-7-16(23)17(18)24)19(15)26-12-22(4)9-13(26)8-21(2,3)11-22/h6-7,10,13H,5,8-9,11-12H2,1-4H3/t13-,22-/m1/s1. The van der Waals surface area contributed by atoms with E-state index in [0.29, 0.717) is 33.8 Å². The Hall–Kier alpha value is -1.52. The van der Waals surface area contributed by atoms with Gasteiger partial charge in [-0.3, -0.25) is 4.98 Å².